The molecule has 1 saturated carbocycles. The maximum Gasteiger partial charge on any atom is 0.319 e. The van der Waals surface area contributed by atoms with Gasteiger partial charge in [0.1, 0.15) is 5.75 Å². The summed E-state index contributed by atoms with van der Waals surface area (Å²) in [6.07, 6.45) is 1.34. The van der Waals surface area contributed by atoms with E-state index in [1.54, 1.807) is 7.11 Å². The number of nitrogens with zero attached hydrogens (tertiary/aromatic N) is 1. The Morgan fingerprint density at radius 3 is 2.39 bits per heavy atom. The maximum absolute atomic E-state index is 13.3. The predicted octanol–water partition coefficient (Wildman–Crippen LogP) is 3.24. The summed E-state index contributed by atoms with van der Waals surface area (Å²) < 4.78 is 10.7. The first-order valence-electron chi connectivity index (χ1n) is 10.8. The van der Waals surface area contributed by atoms with Gasteiger partial charge < -0.3 is 25.0 Å². The van der Waals surface area contributed by atoms with Gasteiger partial charge in [-0.25, -0.2) is 4.79 Å². The van der Waals surface area contributed by atoms with Gasteiger partial charge in [0.05, 0.1) is 20.3 Å². The molecule has 3 amide bonds. The van der Waals surface area contributed by atoms with Gasteiger partial charge in [-0.3, -0.25) is 4.79 Å². The minimum absolute atomic E-state index is 0.0447. The highest BCUT2D eigenvalue weighted by molar-refractivity contribution is 5.89. The Hall–Kier alpha value is -3.06. The van der Waals surface area contributed by atoms with Crippen LogP contribution in [0.4, 0.5) is 10.5 Å². The number of carbonyl (C=O) groups excluding carboxylic acids is 2. The van der Waals surface area contributed by atoms with Crippen LogP contribution in [0.1, 0.15) is 24.3 Å². The Balaban J connectivity index is 1.48. The first-order valence-corrected chi connectivity index (χ1v) is 10.8. The van der Waals surface area contributed by atoms with Crippen LogP contribution in [0.15, 0.2) is 54.6 Å². The van der Waals surface area contributed by atoms with Crippen molar-refractivity contribution >= 4 is 17.6 Å². The molecular weight excluding hydrogens is 394 g/mol. The lowest BCUT2D eigenvalue weighted by atomic mass is 9.88. The molecule has 2 fully saturated rings. The third-order valence-corrected chi connectivity index (χ3v) is 6.11. The van der Waals surface area contributed by atoms with E-state index < -0.39 is 0 Å². The Kier molecular flexibility index (Phi) is 6.72. The SMILES string of the molecule is COc1ccc([C@H]2C[C@H](NC(=O)Nc3ccccc3)C[C@@H]2C(=O)N2CCOCC2)cc1. The third kappa shape index (κ3) is 5.17. The summed E-state index contributed by atoms with van der Waals surface area (Å²) in [5, 5.41) is 5.93. The first kappa shape index (κ1) is 21.2. The van der Waals surface area contributed by atoms with Gasteiger partial charge in [-0.15, -0.1) is 0 Å². The molecule has 4 rings (SSSR count). The highest BCUT2D eigenvalue weighted by Gasteiger charge is 2.42. The second-order valence-corrected chi connectivity index (χ2v) is 8.06. The smallest absolute Gasteiger partial charge is 0.319 e. The fourth-order valence-corrected chi connectivity index (χ4v) is 4.54. The minimum Gasteiger partial charge on any atom is -0.497 e. The molecule has 0 spiro atoms. The number of hydrogen-bond acceptors (Lipinski definition) is 4. The molecule has 31 heavy (non-hydrogen) atoms. The van der Waals surface area contributed by atoms with Crippen LogP contribution >= 0.6 is 0 Å². The summed E-state index contributed by atoms with van der Waals surface area (Å²) in [6, 6.07) is 16.9. The number of carbonyl (C=O) groups is 2. The largest absolute Gasteiger partial charge is 0.497 e. The summed E-state index contributed by atoms with van der Waals surface area (Å²) in [5.41, 5.74) is 1.84. The molecule has 0 radical (unpaired) electrons. The van der Waals surface area contributed by atoms with E-state index >= 15 is 0 Å². The minimum atomic E-state index is -0.246. The van der Waals surface area contributed by atoms with Crippen LogP contribution in [0.3, 0.4) is 0 Å². The van der Waals surface area contributed by atoms with Crippen LogP contribution in [0, 0.1) is 5.92 Å². The molecule has 0 bridgehead atoms. The Labute approximate surface area is 182 Å². The van der Waals surface area contributed by atoms with Crippen molar-refractivity contribution in [1.82, 2.24) is 10.2 Å². The van der Waals surface area contributed by atoms with Gasteiger partial charge in [0.25, 0.3) is 0 Å². The van der Waals surface area contributed by atoms with E-state index in [0.29, 0.717) is 32.7 Å². The van der Waals surface area contributed by atoms with Crippen molar-refractivity contribution in [3.05, 3.63) is 60.2 Å². The van der Waals surface area contributed by atoms with E-state index in [-0.39, 0.29) is 29.8 Å². The summed E-state index contributed by atoms with van der Waals surface area (Å²) in [7, 11) is 1.64. The molecule has 7 nitrogen and oxygen atoms in total. The quantitative estimate of drug-likeness (QED) is 0.774. The monoisotopic (exact) mass is 423 g/mol. The van der Waals surface area contributed by atoms with Gasteiger partial charge in [-0.1, -0.05) is 30.3 Å². The summed E-state index contributed by atoms with van der Waals surface area (Å²) in [5.74, 6) is 0.809. The van der Waals surface area contributed by atoms with Crippen LogP contribution in [0.25, 0.3) is 0 Å². The van der Waals surface area contributed by atoms with Crippen molar-refractivity contribution in [1.29, 1.82) is 0 Å². The van der Waals surface area contributed by atoms with Gasteiger partial charge in [0.2, 0.25) is 5.91 Å². The van der Waals surface area contributed by atoms with Crippen molar-refractivity contribution in [2.45, 2.75) is 24.8 Å². The number of hydrogen-bond donors (Lipinski definition) is 2. The molecule has 1 saturated heterocycles. The number of benzene rings is 2. The lowest BCUT2D eigenvalue weighted by Gasteiger charge is -2.31. The Morgan fingerprint density at radius 2 is 1.71 bits per heavy atom. The Morgan fingerprint density at radius 1 is 1.00 bits per heavy atom. The third-order valence-electron chi connectivity index (χ3n) is 6.11. The molecule has 0 unspecified atom stereocenters. The van der Waals surface area contributed by atoms with Crippen molar-refractivity contribution in [2.75, 3.05) is 38.7 Å². The molecule has 1 heterocycles. The topological polar surface area (TPSA) is 79.9 Å². The second-order valence-electron chi connectivity index (χ2n) is 8.06. The number of rotatable bonds is 5. The van der Waals surface area contributed by atoms with E-state index in [0.717, 1.165) is 23.4 Å². The molecule has 2 aromatic carbocycles. The highest BCUT2D eigenvalue weighted by Crippen LogP contribution is 2.41. The summed E-state index contributed by atoms with van der Waals surface area (Å²) in [4.78, 5) is 27.8. The fraction of sp³-hybridized carbons (Fsp3) is 0.417. The second kappa shape index (κ2) is 9.83. The number of morpholine rings is 1. The van der Waals surface area contributed by atoms with Crippen LogP contribution in [0.2, 0.25) is 0 Å². The molecule has 1 aliphatic heterocycles. The van der Waals surface area contributed by atoms with Crippen molar-refractivity contribution in [3.63, 3.8) is 0 Å². The number of methoxy groups -OCH3 is 1. The van der Waals surface area contributed by atoms with Crippen LogP contribution < -0.4 is 15.4 Å². The zero-order valence-electron chi connectivity index (χ0n) is 17.8. The van der Waals surface area contributed by atoms with E-state index in [1.807, 2.05) is 59.5 Å². The molecule has 7 heteroatoms. The number of amides is 3. The normalized spacial score (nSPS) is 23.3. The number of anilines is 1. The van der Waals surface area contributed by atoms with Crippen molar-refractivity contribution in [2.24, 2.45) is 5.92 Å². The fourth-order valence-electron chi connectivity index (χ4n) is 4.54. The van der Waals surface area contributed by atoms with Gasteiger partial charge in [-0.2, -0.15) is 0 Å². The lowest BCUT2D eigenvalue weighted by Crippen LogP contribution is -2.44. The molecule has 2 aromatic rings. The zero-order chi connectivity index (χ0) is 21.6. The van der Waals surface area contributed by atoms with E-state index in [1.165, 1.54) is 0 Å². The average Bonchev–Trinajstić information content (AvgIpc) is 3.23. The van der Waals surface area contributed by atoms with Crippen molar-refractivity contribution < 1.29 is 19.1 Å². The highest BCUT2D eigenvalue weighted by atomic mass is 16.5. The van der Waals surface area contributed by atoms with E-state index in [4.69, 9.17) is 9.47 Å². The molecule has 2 N–H and O–H groups in total. The average molecular weight is 424 g/mol. The number of ether oxygens (including phenoxy) is 2. The maximum atomic E-state index is 13.3. The molecule has 1 aliphatic carbocycles. The predicted molar refractivity (Wildman–Crippen MR) is 118 cm³/mol. The lowest BCUT2D eigenvalue weighted by molar-refractivity contribution is -0.140. The van der Waals surface area contributed by atoms with Crippen LogP contribution in [0.5, 0.6) is 5.75 Å². The van der Waals surface area contributed by atoms with E-state index in [2.05, 4.69) is 10.6 Å². The molecular formula is C24H29N3O4. The first-order chi connectivity index (χ1) is 15.1. The summed E-state index contributed by atoms with van der Waals surface area (Å²) in [6.45, 7) is 2.40. The van der Waals surface area contributed by atoms with Gasteiger partial charge >= 0.3 is 6.03 Å². The molecule has 3 atom stereocenters. The number of para-hydroxylation sites is 1. The van der Waals surface area contributed by atoms with Gasteiger partial charge in [0, 0.05) is 30.7 Å². The summed E-state index contributed by atoms with van der Waals surface area (Å²) >= 11 is 0. The van der Waals surface area contributed by atoms with Gasteiger partial charge in [0.15, 0.2) is 0 Å². The van der Waals surface area contributed by atoms with E-state index in [9.17, 15) is 9.59 Å². The van der Waals surface area contributed by atoms with Crippen LogP contribution in [-0.4, -0.2) is 56.3 Å². The standard InChI is InChI=1S/C24H29N3O4/c1-30-20-9-7-17(8-10-20)21-15-19(26-24(29)25-18-5-3-2-4-6-18)16-22(21)23(28)27-11-13-31-14-12-27/h2-10,19,21-22H,11-16H2,1H3,(H2,25,26,29)/t19-,21+,22-/m0/s1. The zero-order valence-corrected chi connectivity index (χ0v) is 17.8. The van der Waals surface area contributed by atoms with Gasteiger partial charge in [-0.05, 0) is 48.6 Å². The molecule has 164 valence electrons. The number of nitrogens with one attached hydrogen (secondary N) is 2. The van der Waals surface area contributed by atoms with Crippen LogP contribution in [-0.2, 0) is 9.53 Å². The Bertz CT molecular complexity index is 881. The number of urea groups is 1. The van der Waals surface area contributed by atoms with Crippen molar-refractivity contribution in [3.8, 4) is 5.75 Å². The molecule has 0 aromatic heterocycles. The molecule has 2 aliphatic rings.